The maximum absolute atomic E-state index is 12.0. The first-order chi connectivity index (χ1) is 10.3. The number of ether oxygens (including phenoxy) is 1. The van der Waals surface area contributed by atoms with E-state index in [1.807, 2.05) is 13.8 Å². The molecule has 0 spiro atoms. The molecule has 1 unspecified atom stereocenters. The summed E-state index contributed by atoms with van der Waals surface area (Å²) in [5, 5.41) is 11.9. The first-order valence-corrected chi connectivity index (χ1v) is 7.83. The second-order valence-electron chi connectivity index (χ2n) is 5.14. The van der Waals surface area contributed by atoms with Gasteiger partial charge in [-0.2, -0.15) is 0 Å². The number of carboxylic acids is 1. The number of carboxylic acid groups (broad SMARTS) is 1. The van der Waals surface area contributed by atoms with Gasteiger partial charge in [0.15, 0.2) is 0 Å². The van der Waals surface area contributed by atoms with Crippen molar-refractivity contribution < 1.29 is 24.2 Å². The molecular formula is C15H21NO5S. The fourth-order valence-corrected chi connectivity index (χ4v) is 3.42. The Bertz CT molecular complexity index is 579. The number of carbonyl (C=O) groups is 3. The van der Waals surface area contributed by atoms with Crippen LogP contribution in [-0.4, -0.2) is 30.1 Å². The largest absolute Gasteiger partial charge is 0.481 e. The first-order valence-electron chi connectivity index (χ1n) is 7.02. The van der Waals surface area contributed by atoms with Crippen LogP contribution in [0.1, 0.15) is 47.5 Å². The monoisotopic (exact) mass is 327 g/mol. The third kappa shape index (κ3) is 4.56. The van der Waals surface area contributed by atoms with Gasteiger partial charge in [-0.25, -0.2) is 4.79 Å². The highest BCUT2D eigenvalue weighted by molar-refractivity contribution is 7.16. The number of aryl methyl sites for hydroxylation is 1. The van der Waals surface area contributed by atoms with Crippen molar-refractivity contribution in [3.05, 3.63) is 16.0 Å². The van der Waals surface area contributed by atoms with Crippen LogP contribution in [0.5, 0.6) is 0 Å². The zero-order valence-corrected chi connectivity index (χ0v) is 14.0. The molecule has 0 aliphatic carbocycles. The third-order valence-electron chi connectivity index (χ3n) is 3.26. The predicted molar refractivity (Wildman–Crippen MR) is 84.4 cm³/mol. The van der Waals surface area contributed by atoms with Crippen molar-refractivity contribution in [3.63, 3.8) is 0 Å². The zero-order valence-electron chi connectivity index (χ0n) is 13.2. The molecule has 1 aromatic heterocycles. The summed E-state index contributed by atoms with van der Waals surface area (Å²) in [5.41, 5.74) is 1.26. The van der Waals surface area contributed by atoms with Crippen molar-refractivity contribution in [2.45, 2.75) is 40.0 Å². The van der Waals surface area contributed by atoms with Crippen molar-refractivity contribution >= 4 is 34.2 Å². The molecule has 0 aliphatic heterocycles. The molecule has 0 radical (unpaired) electrons. The van der Waals surface area contributed by atoms with Gasteiger partial charge < -0.3 is 15.2 Å². The van der Waals surface area contributed by atoms with Crippen LogP contribution in [0.25, 0.3) is 0 Å². The van der Waals surface area contributed by atoms with E-state index in [4.69, 9.17) is 9.84 Å². The second-order valence-corrected chi connectivity index (χ2v) is 6.37. The van der Waals surface area contributed by atoms with Crippen molar-refractivity contribution in [1.82, 2.24) is 0 Å². The maximum atomic E-state index is 12.0. The highest BCUT2D eigenvalue weighted by Gasteiger charge is 2.23. The fourth-order valence-electron chi connectivity index (χ4n) is 2.27. The molecule has 1 amide bonds. The number of thiophene rings is 1. The second kappa shape index (κ2) is 7.93. The molecule has 1 heterocycles. The van der Waals surface area contributed by atoms with Gasteiger partial charge in [-0.05, 0) is 24.8 Å². The van der Waals surface area contributed by atoms with Gasteiger partial charge in [0.05, 0.1) is 12.7 Å². The van der Waals surface area contributed by atoms with Gasteiger partial charge >= 0.3 is 11.9 Å². The molecule has 0 saturated heterocycles. The number of amides is 1. The minimum Gasteiger partial charge on any atom is -0.481 e. The van der Waals surface area contributed by atoms with E-state index in [1.165, 1.54) is 18.4 Å². The van der Waals surface area contributed by atoms with E-state index in [9.17, 15) is 14.4 Å². The van der Waals surface area contributed by atoms with E-state index >= 15 is 0 Å². The number of esters is 1. The Balaban J connectivity index is 2.91. The number of hydrogen-bond acceptors (Lipinski definition) is 5. The van der Waals surface area contributed by atoms with Crippen LogP contribution in [0.3, 0.4) is 0 Å². The van der Waals surface area contributed by atoms with Crippen LogP contribution in [0, 0.1) is 12.8 Å². The van der Waals surface area contributed by atoms with Gasteiger partial charge in [0.1, 0.15) is 5.00 Å². The Labute approximate surface area is 133 Å². The summed E-state index contributed by atoms with van der Waals surface area (Å²) in [7, 11) is 1.30. The van der Waals surface area contributed by atoms with Crippen molar-refractivity contribution in [2.75, 3.05) is 12.4 Å². The van der Waals surface area contributed by atoms with Crippen LogP contribution in [0.4, 0.5) is 5.00 Å². The number of rotatable bonds is 7. The summed E-state index contributed by atoms with van der Waals surface area (Å²) >= 11 is 1.33. The van der Waals surface area contributed by atoms with Gasteiger partial charge in [0, 0.05) is 17.7 Å². The van der Waals surface area contributed by atoms with E-state index in [0.717, 1.165) is 10.4 Å². The van der Waals surface area contributed by atoms with Crippen molar-refractivity contribution in [1.29, 1.82) is 0 Å². The summed E-state index contributed by atoms with van der Waals surface area (Å²) in [6.45, 7) is 5.52. The Morgan fingerprint density at radius 3 is 2.45 bits per heavy atom. The van der Waals surface area contributed by atoms with Crippen LogP contribution in [0.15, 0.2) is 0 Å². The summed E-state index contributed by atoms with van der Waals surface area (Å²) in [4.78, 5) is 35.5. The standard InChI is InChI=1S/C15H21NO5S/c1-5-10-9(3)22-14(13(10)15(20)21-4)16-11(17)6-8(2)7-12(18)19/h8H,5-7H2,1-4H3,(H,16,17)(H,18,19). The quantitative estimate of drug-likeness (QED) is 0.751. The third-order valence-corrected chi connectivity index (χ3v) is 4.32. The fraction of sp³-hybridized carbons (Fsp3) is 0.533. The molecule has 1 atom stereocenters. The maximum Gasteiger partial charge on any atom is 0.341 e. The van der Waals surface area contributed by atoms with Crippen LogP contribution in [-0.2, 0) is 20.7 Å². The van der Waals surface area contributed by atoms with Crippen LogP contribution < -0.4 is 5.32 Å². The molecule has 0 aromatic carbocycles. The highest BCUT2D eigenvalue weighted by Crippen LogP contribution is 2.34. The summed E-state index contributed by atoms with van der Waals surface area (Å²) in [6, 6.07) is 0. The smallest absolute Gasteiger partial charge is 0.341 e. The molecule has 0 saturated carbocycles. The molecule has 7 heteroatoms. The van der Waals surface area contributed by atoms with Crippen molar-refractivity contribution in [2.24, 2.45) is 5.92 Å². The molecule has 0 bridgehead atoms. The number of carbonyl (C=O) groups excluding carboxylic acids is 2. The van der Waals surface area contributed by atoms with Gasteiger partial charge in [0.25, 0.3) is 0 Å². The Kier molecular flexibility index (Phi) is 6.55. The Hall–Kier alpha value is -1.89. The van der Waals surface area contributed by atoms with Crippen LogP contribution in [0.2, 0.25) is 0 Å². The van der Waals surface area contributed by atoms with Gasteiger partial charge in [-0.3, -0.25) is 9.59 Å². The molecule has 1 aromatic rings. The lowest BCUT2D eigenvalue weighted by atomic mass is 10.0. The van der Waals surface area contributed by atoms with E-state index in [1.54, 1.807) is 6.92 Å². The highest BCUT2D eigenvalue weighted by atomic mass is 32.1. The van der Waals surface area contributed by atoms with Gasteiger partial charge in [-0.15, -0.1) is 11.3 Å². The topological polar surface area (TPSA) is 92.7 Å². The lowest BCUT2D eigenvalue weighted by Crippen LogP contribution is -2.18. The number of methoxy groups -OCH3 is 1. The summed E-state index contributed by atoms with van der Waals surface area (Å²) in [5.74, 6) is -1.99. The Morgan fingerprint density at radius 1 is 1.32 bits per heavy atom. The Morgan fingerprint density at radius 2 is 1.95 bits per heavy atom. The number of nitrogens with one attached hydrogen (secondary N) is 1. The first kappa shape index (κ1) is 18.2. The molecule has 0 aliphatic rings. The number of anilines is 1. The normalized spacial score (nSPS) is 11.8. The summed E-state index contributed by atoms with van der Waals surface area (Å²) in [6.07, 6.45) is 0.685. The lowest BCUT2D eigenvalue weighted by molar-refractivity contribution is -0.138. The molecule has 1 rings (SSSR count). The van der Waals surface area contributed by atoms with Gasteiger partial charge in [0.2, 0.25) is 5.91 Å². The van der Waals surface area contributed by atoms with E-state index in [-0.39, 0.29) is 24.7 Å². The SMILES string of the molecule is CCc1c(C)sc(NC(=O)CC(C)CC(=O)O)c1C(=O)OC. The van der Waals surface area contributed by atoms with Crippen molar-refractivity contribution in [3.8, 4) is 0 Å². The lowest BCUT2D eigenvalue weighted by Gasteiger charge is -2.10. The van der Waals surface area contributed by atoms with Gasteiger partial charge in [-0.1, -0.05) is 13.8 Å². The molecule has 122 valence electrons. The molecule has 22 heavy (non-hydrogen) atoms. The number of hydrogen-bond donors (Lipinski definition) is 2. The zero-order chi connectivity index (χ0) is 16.9. The van der Waals surface area contributed by atoms with E-state index in [2.05, 4.69) is 5.32 Å². The average molecular weight is 327 g/mol. The molecular weight excluding hydrogens is 306 g/mol. The number of aliphatic carboxylic acids is 1. The minimum absolute atomic E-state index is 0.0685. The average Bonchev–Trinajstić information content (AvgIpc) is 2.71. The molecule has 2 N–H and O–H groups in total. The van der Waals surface area contributed by atoms with E-state index in [0.29, 0.717) is 17.0 Å². The molecule has 0 fully saturated rings. The van der Waals surface area contributed by atoms with Crippen LogP contribution >= 0.6 is 11.3 Å². The summed E-state index contributed by atoms with van der Waals surface area (Å²) < 4.78 is 4.79. The predicted octanol–water partition coefficient (Wildman–Crippen LogP) is 2.84. The minimum atomic E-state index is -0.934. The molecule has 6 nitrogen and oxygen atoms in total. The van der Waals surface area contributed by atoms with E-state index < -0.39 is 11.9 Å².